The molecule has 0 aliphatic carbocycles. The number of amides is 1. The fourth-order valence-corrected chi connectivity index (χ4v) is 5.59. The lowest BCUT2D eigenvalue weighted by molar-refractivity contribution is 0.0592. The summed E-state index contributed by atoms with van der Waals surface area (Å²) in [4.78, 5) is 20.6. The molecule has 0 aromatic carbocycles. The fourth-order valence-electron chi connectivity index (χ4n) is 2.87. The number of piperazine rings is 1. The molecule has 1 unspecified atom stereocenters. The van der Waals surface area contributed by atoms with Gasteiger partial charge in [0, 0.05) is 32.2 Å². The van der Waals surface area contributed by atoms with E-state index in [0.29, 0.717) is 37.5 Å². The summed E-state index contributed by atoms with van der Waals surface area (Å²) < 4.78 is 23.1. The zero-order chi connectivity index (χ0) is 15.0. The zero-order valence-corrected chi connectivity index (χ0v) is 13.8. The monoisotopic (exact) mass is 349 g/mol. The molecule has 1 atom stereocenters. The molecule has 1 aromatic heterocycles. The van der Waals surface area contributed by atoms with E-state index in [-0.39, 0.29) is 28.6 Å². The highest BCUT2D eigenvalue weighted by Crippen LogP contribution is 2.23. The van der Waals surface area contributed by atoms with E-state index in [4.69, 9.17) is 11.6 Å². The van der Waals surface area contributed by atoms with Crippen LogP contribution in [0.15, 0.2) is 5.51 Å². The summed E-state index contributed by atoms with van der Waals surface area (Å²) in [6.07, 6.45) is 0.705. The van der Waals surface area contributed by atoms with Crippen molar-refractivity contribution in [2.24, 2.45) is 0 Å². The van der Waals surface area contributed by atoms with Crippen LogP contribution in [0.2, 0.25) is 5.15 Å². The number of aromatic nitrogens is 1. The normalized spacial score (nSPS) is 26.1. The van der Waals surface area contributed by atoms with Gasteiger partial charge in [0.15, 0.2) is 15.0 Å². The second-order valence-corrected chi connectivity index (χ2v) is 8.80. The molecule has 1 amide bonds. The van der Waals surface area contributed by atoms with Crippen LogP contribution in [-0.2, 0) is 9.84 Å². The smallest absolute Gasteiger partial charge is 0.267 e. The molecule has 0 bridgehead atoms. The highest BCUT2D eigenvalue weighted by molar-refractivity contribution is 7.91. The summed E-state index contributed by atoms with van der Waals surface area (Å²) in [6.45, 7) is 2.62. The van der Waals surface area contributed by atoms with Crippen molar-refractivity contribution in [2.75, 3.05) is 37.7 Å². The Morgan fingerprint density at radius 3 is 2.57 bits per heavy atom. The molecule has 1 aromatic rings. The lowest BCUT2D eigenvalue weighted by Crippen LogP contribution is -2.52. The van der Waals surface area contributed by atoms with Crippen LogP contribution in [0.1, 0.15) is 16.1 Å². The Labute approximate surface area is 132 Å². The largest absolute Gasteiger partial charge is 0.335 e. The van der Waals surface area contributed by atoms with Crippen molar-refractivity contribution >= 4 is 38.7 Å². The van der Waals surface area contributed by atoms with Gasteiger partial charge in [-0.15, -0.1) is 11.3 Å². The molecule has 2 saturated heterocycles. The molecule has 2 fully saturated rings. The van der Waals surface area contributed by atoms with Crippen LogP contribution >= 0.6 is 22.9 Å². The first-order valence-electron chi connectivity index (χ1n) is 6.79. The van der Waals surface area contributed by atoms with Crippen LogP contribution in [0, 0.1) is 0 Å². The number of hydrogen-bond donors (Lipinski definition) is 0. The fraction of sp³-hybridized carbons (Fsp3) is 0.667. The summed E-state index contributed by atoms with van der Waals surface area (Å²) >= 11 is 7.14. The minimum absolute atomic E-state index is 0.0822. The molecule has 0 spiro atoms. The van der Waals surface area contributed by atoms with Gasteiger partial charge in [0.2, 0.25) is 0 Å². The van der Waals surface area contributed by atoms with E-state index in [2.05, 4.69) is 9.88 Å². The van der Waals surface area contributed by atoms with Crippen molar-refractivity contribution in [3.63, 3.8) is 0 Å². The first-order valence-corrected chi connectivity index (χ1v) is 9.87. The first-order chi connectivity index (χ1) is 9.96. The Morgan fingerprint density at radius 2 is 2.05 bits per heavy atom. The highest BCUT2D eigenvalue weighted by atomic mass is 35.5. The van der Waals surface area contributed by atoms with Gasteiger partial charge in [0.25, 0.3) is 5.91 Å². The molecule has 6 nitrogen and oxygen atoms in total. The molecule has 0 N–H and O–H groups in total. The molecule has 0 saturated carbocycles. The minimum atomic E-state index is -2.86. The third-order valence-electron chi connectivity index (χ3n) is 4.04. The Kier molecular flexibility index (Phi) is 4.22. The molecule has 2 aliphatic rings. The van der Waals surface area contributed by atoms with Gasteiger partial charge in [-0.05, 0) is 6.42 Å². The second-order valence-electron chi connectivity index (χ2n) is 5.36. The molecule has 0 radical (unpaired) electrons. The Balaban J connectivity index is 1.58. The molecule has 3 rings (SSSR count). The maximum Gasteiger partial charge on any atom is 0.267 e. The standard InChI is InChI=1S/C12H16ClN3O3S2/c13-11-10(20-8-14-11)12(17)16-4-2-15(3-5-16)9-1-6-21(18,19)7-9/h8-9H,1-7H2. The molecule has 116 valence electrons. The highest BCUT2D eigenvalue weighted by Gasteiger charge is 2.34. The van der Waals surface area contributed by atoms with Crippen molar-refractivity contribution < 1.29 is 13.2 Å². The number of sulfone groups is 1. The van der Waals surface area contributed by atoms with Gasteiger partial charge in [-0.2, -0.15) is 0 Å². The summed E-state index contributed by atoms with van der Waals surface area (Å²) in [5.74, 6) is 0.454. The molecule has 9 heteroatoms. The van der Waals surface area contributed by atoms with E-state index >= 15 is 0 Å². The van der Waals surface area contributed by atoms with Gasteiger partial charge in [-0.3, -0.25) is 9.69 Å². The number of hydrogen-bond acceptors (Lipinski definition) is 6. The number of rotatable bonds is 2. The summed E-state index contributed by atoms with van der Waals surface area (Å²) in [6, 6.07) is 0.110. The SMILES string of the molecule is O=C(c1scnc1Cl)N1CCN(C2CCS(=O)(=O)C2)CC1. The average molecular weight is 350 g/mol. The van der Waals surface area contributed by atoms with E-state index in [0.717, 1.165) is 0 Å². The van der Waals surface area contributed by atoms with Gasteiger partial charge in [-0.1, -0.05) is 11.6 Å². The molecule has 3 heterocycles. The quantitative estimate of drug-likeness (QED) is 0.787. The molecule has 21 heavy (non-hydrogen) atoms. The third-order valence-corrected chi connectivity index (χ3v) is 7.01. The molecule has 2 aliphatic heterocycles. The van der Waals surface area contributed by atoms with Crippen molar-refractivity contribution in [3.8, 4) is 0 Å². The lowest BCUT2D eigenvalue weighted by atomic mass is 10.2. The average Bonchev–Trinajstić information content (AvgIpc) is 3.04. The Morgan fingerprint density at radius 1 is 1.33 bits per heavy atom. The number of carbonyl (C=O) groups is 1. The lowest BCUT2D eigenvalue weighted by Gasteiger charge is -2.37. The van der Waals surface area contributed by atoms with Gasteiger partial charge >= 0.3 is 0 Å². The van der Waals surface area contributed by atoms with Gasteiger partial charge < -0.3 is 4.90 Å². The van der Waals surface area contributed by atoms with Crippen LogP contribution < -0.4 is 0 Å². The Hall–Kier alpha value is -0.700. The topological polar surface area (TPSA) is 70.6 Å². The van der Waals surface area contributed by atoms with Crippen LogP contribution in [-0.4, -0.2) is 72.8 Å². The minimum Gasteiger partial charge on any atom is -0.335 e. The van der Waals surface area contributed by atoms with Crippen LogP contribution in [0.4, 0.5) is 0 Å². The zero-order valence-electron chi connectivity index (χ0n) is 11.4. The van der Waals surface area contributed by atoms with Gasteiger partial charge in [0.05, 0.1) is 17.0 Å². The second kappa shape index (κ2) is 5.83. The van der Waals surface area contributed by atoms with Crippen LogP contribution in [0.5, 0.6) is 0 Å². The van der Waals surface area contributed by atoms with E-state index in [1.54, 1.807) is 10.4 Å². The number of nitrogens with zero attached hydrogens (tertiary/aromatic N) is 3. The number of carbonyl (C=O) groups excluding carboxylic acids is 1. The summed E-state index contributed by atoms with van der Waals surface area (Å²) in [5, 5.41) is 0.259. The maximum absolute atomic E-state index is 12.3. The maximum atomic E-state index is 12.3. The predicted octanol–water partition coefficient (Wildman–Crippen LogP) is 0.741. The van der Waals surface area contributed by atoms with Gasteiger partial charge in [0.1, 0.15) is 4.88 Å². The predicted molar refractivity (Wildman–Crippen MR) is 81.7 cm³/mol. The van der Waals surface area contributed by atoms with Crippen molar-refractivity contribution in [1.82, 2.24) is 14.8 Å². The van der Waals surface area contributed by atoms with Crippen LogP contribution in [0.25, 0.3) is 0 Å². The van der Waals surface area contributed by atoms with E-state index in [1.165, 1.54) is 11.3 Å². The van der Waals surface area contributed by atoms with E-state index in [9.17, 15) is 13.2 Å². The number of thiazole rings is 1. The van der Waals surface area contributed by atoms with Crippen molar-refractivity contribution in [1.29, 1.82) is 0 Å². The molecular formula is C12H16ClN3O3S2. The van der Waals surface area contributed by atoms with Crippen LogP contribution in [0.3, 0.4) is 0 Å². The summed E-state index contributed by atoms with van der Waals surface area (Å²) in [7, 11) is -2.86. The first kappa shape index (κ1) is 15.2. The van der Waals surface area contributed by atoms with Gasteiger partial charge in [-0.25, -0.2) is 13.4 Å². The molecular weight excluding hydrogens is 334 g/mol. The van der Waals surface area contributed by atoms with Crippen molar-refractivity contribution in [2.45, 2.75) is 12.5 Å². The van der Waals surface area contributed by atoms with E-state index < -0.39 is 9.84 Å². The van der Waals surface area contributed by atoms with E-state index in [1.807, 2.05) is 0 Å². The number of halogens is 1. The van der Waals surface area contributed by atoms with Crippen molar-refractivity contribution in [3.05, 3.63) is 15.5 Å². The third kappa shape index (κ3) is 3.23. The Bertz CT molecular complexity index is 638. The summed E-state index contributed by atoms with van der Waals surface area (Å²) in [5.41, 5.74) is 1.56.